The lowest BCUT2D eigenvalue weighted by Crippen LogP contribution is -2.19. The van der Waals surface area contributed by atoms with Gasteiger partial charge in [0.15, 0.2) is 11.6 Å². The van der Waals surface area contributed by atoms with Gasteiger partial charge in [0.1, 0.15) is 24.1 Å². The molecule has 0 saturated carbocycles. The molecule has 10 heteroatoms. The summed E-state index contributed by atoms with van der Waals surface area (Å²) in [5.41, 5.74) is 3.56. The van der Waals surface area contributed by atoms with Gasteiger partial charge in [0.05, 0.1) is 23.7 Å². The van der Waals surface area contributed by atoms with Crippen molar-refractivity contribution in [2.24, 2.45) is 0 Å². The number of nitrogens with zero attached hydrogens (tertiary/aromatic N) is 3. The number of imidazole rings is 1. The smallest absolute Gasteiger partial charge is 0.337 e. The Morgan fingerprint density at radius 3 is 2.33 bits per heavy atom. The summed E-state index contributed by atoms with van der Waals surface area (Å²) in [6.45, 7) is 1.09. The van der Waals surface area contributed by atoms with Gasteiger partial charge in [-0.3, -0.25) is 0 Å². The van der Waals surface area contributed by atoms with E-state index < -0.39 is 23.4 Å². The molecule has 5 aromatic rings. The van der Waals surface area contributed by atoms with Crippen LogP contribution in [0.3, 0.4) is 0 Å². The number of aromatic nitrogens is 2. The second-order valence-corrected chi connectivity index (χ2v) is 10.8. The molecule has 1 aromatic heterocycles. The van der Waals surface area contributed by atoms with Crippen molar-refractivity contribution >= 4 is 28.6 Å². The van der Waals surface area contributed by atoms with E-state index >= 15 is 4.39 Å². The van der Waals surface area contributed by atoms with Crippen molar-refractivity contribution in [1.29, 1.82) is 0 Å². The fraction of sp³-hybridized carbons (Fsp3) is 0.212. The fourth-order valence-electron chi connectivity index (χ4n) is 4.73. The van der Waals surface area contributed by atoms with Gasteiger partial charge in [0.2, 0.25) is 0 Å². The number of fused-ring (bicyclic) bond motifs is 1. The number of benzene rings is 4. The molecule has 4 aromatic carbocycles. The molecule has 0 radical (unpaired) electrons. The first-order valence-corrected chi connectivity index (χ1v) is 13.9. The lowest BCUT2D eigenvalue weighted by molar-refractivity contribution is 0.0601. The van der Waals surface area contributed by atoms with Crippen LogP contribution in [0.15, 0.2) is 72.8 Å². The van der Waals surface area contributed by atoms with E-state index in [9.17, 15) is 13.6 Å². The number of ether oxygens (including phenoxy) is 2. The van der Waals surface area contributed by atoms with Crippen molar-refractivity contribution in [3.8, 4) is 16.9 Å². The predicted octanol–water partition coefficient (Wildman–Crippen LogP) is 7.29. The van der Waals surface area contributed by atoms with Crippen molar-refractivity contribution in [2.45, 2.75) is 19.6 Å². The number of methoxy groups -OCH3 is 1. The number of rotatable bonds is 10. The molecule has 222 valence electrons. The molecule has 0 atom stereocenters. The minimum absolute atomic E-state index is 0.0859. The van der Waals surface area contributed by atoms with E-state index in [2.05, 4.69) is 0 Å². The van der Waals surface area contributed by atoms with Gasteiger partial charge in [0.25, 0.3) is 0 Å². The third-order valence-electron chi connectivity index (χ3n) is 7.08. The summed E-state index contributed by atoms with van der Waals surface area (Å²) in [4.78, 5) is 18.9. The largest absolute Gasteiger partial charge is 0.486 e. The Kier molecular flexibility index (Phi) is 9.03. The molecular formula is C33H29ClF3N3O3. The van der Waals surface area contributed by atoms with Crippen molar-refractivity contribution in [3.63, 3.8) is 0 Å². The molecule has 0 fully saturated rings. The molecule has 0 bridgehead atoms. The van der Waals surface area contributed by atoms with Crippen molar-refractivity contribution in [1.82, 2.24) is 14.5 Å². The van der Waals surface area contributed by atoms with Crippen LogP contribution in [0.2, 0.25) is 5.02 Å². The van der Waals surface area contributed by atoms with Crippen LogP contribution in [0.1, 0.15) is 27.3 Å². The molecular weight excluding hydrogens is 579 g/mol. The summed E-state index contributed by atoms with van der Waals surface area (Å²) < 4.78 is 56.6. The monoisotopic (exact) mass is 607 g/mol. The molecule has 0 unspecified atom stereocenters. The molecule has 0 aliphatic rings. The highest BCUT2D eigenvalue weighted by molar-refractivity contribution is 6.30. The van der Waals surface area contributed by atoms with E-state index in [1.807, 2.05) is 23.6 Å². The second kappa shape index (κ2) is 12.9. The maximum absolute atomic E-state index is 15.5. The lowest BCUT2D eigenvalue weighted by atomic mass is 10.0. The zero-order valence-electron chi connectivity index (χ0n) is 23.8. The van der Waals surface area contributed by atoms with Crippen molar-refractivity contribution in [2.75, 3.05) is 27.7 Å². The zero-order valence-corrected chi connectivity index (χ0v) is 24.6. The van der Waals surface area contributed by atoms with Crippen LogP contribution in [-0.4, -0.2) is 48.2 Å². The van der Waals surface area contributed by atoms with Crippen LogP contribution in [-0.2, 0) is 24.3 Å². The number of hydrogen-bond donors (Lipinski definition) is 0. The Labute approximate surface area is 252 Å². The second-order valence-electron chi connectivity index (χ2n) is 10.3. The highest BCUT2D eigenvalue weighted by Crippen LogP contribution is 2.30. The van der Waals surface area contributed by atoms with E-state index in [1.165, 1.54) is 43.5 Å². The predicted molar refractivity (Wildman–Crippen MR) is 160 cm³/mol. The van der Waals surface area contributed by atoms with E-state index in [-0.39, 0.29) is 29.4 Å². The van der Waals surface area contributed by atoms with Gasteiger partial charge >= 0.3 is 5.97 Å². The first-order chi connectivity index (χ1) is 20.6. The van der Waals surface area contributed by atoms with Crippen LogP contribution in [0, 0.1) is 17.5 Å². The van der Waals surface area contributed by atoms with Crippen LogP contribution < -0.4 is 4.74 Å². The highest BCUT2D eigenvalue weighted by Gasteiger charge is 2.17. The van der Waals surface area contributed by atoms with Gasteiger partial charge in [-0.2, -0.15) is 0 Å². The molecule has 1 heterocycles. The van der Waals surface area contributed by atoms with Crippen LogP contribution in [0.25, 0.3) is 22.2 Å². The third kappa shape index (κ3) is 6.84. The first-order valence-electron chi connectivity index (χ1n) is 13.5. The fourth-order valence-corrected chi connectivity index (χ4v) is 4.89. The van der Waals surface area contributed by atoms with E-state index in [0.29, 0.717) is 46.7 Å². The van der Waals surface area contributed by atoms with Crippen LogP contribution >= 0.6 is 11.6 Å². The number of likely N-dealkylation sites (N-methyl/N-ethyl adjacent to an activating group) is 1. The van der Waals surface area contributed by atoms with E-state index in [1.54, 1.807) is 30.3 Å². The average molecular weight is 608 g/mol. The Morgan fingerprint density at radius 2 is 1.60 bits per heavy atom. The Morgan fingerprint density at radius 1 is 0.884 bits per heavy atom. The molecule has 43 heavy (non-hydrogen) atoms. The Hall–Kier alpha value is -4.34. The number of carbonyl (C=O) groups excluding carboxylic acids is 1. The number of esters is 1. The maximum atomic E-state index is 15.5. The van der Waals surface area contributed by atoms with E-state index in [4.69, 9.17) is 26.1 Å². The van der Waals surface area contributed by atoms with Gasteiger partial charge in [-0.1, -0.05) is 35.9 Å². The molecule has 0 amide bonds. The standard InChI is InChI=1S/C33H29ClF3N3O3/c1-39(2)12-13-40-30-15-23(33(41)42-3)8-11-29(30)38-32(40)17-22-5-4-20(14-27(22)36)21-7-10-26(35)31(16-21)43-19-24-6-9-25(34)18-28(24)37/h4-11,14-16,18H,12-13,17,19H2,1-3H3. The number of halogens is 4. The minimum Gasteiger partial charge on any atom is -0.486 e. The van der Waals surface area contributed by atoms with Crippen molar-refractivity contribution < 1.29 is 27.4 Å². The molecule has 0 N–H and O–H groups in total. The van der Waals surface area contributed by atoms with Gasteiger partial charge in [-0.05, 0) is 79.3 Å². The summed E-state index contributed by atoms with van der Waals surface area (Å²) in [7, 11) is 5.24. The summed E-state index contributed by atoms with van der Waals surface area (Å²) >= 11 is 5.80. The Balaban J connectivity index is 1.40. The summed E-state index contributed by atoms with van der Waals surface area (Å²) in [5.74, 6) is -1.51. The summed E-state index contributed by atoms with van der Waals surface area (Å²) in [6, 6.07) is 18.3. The van der Waals surface area contributed by atoms with E-state index in [0.717, 1.165) is 11.6 Å². The summed E-state index contributed by atoms with van der Waals surface area (Å²) in [6.07, 6.45) is 0.214. The lowest BCUT2D eigenvalue weighted by Gasteiger charge is -2.14. The first kappa shape index (κ1) is 30.1. The summed E-state index contributed by atoms with van der Waals surface area (Å²) in [5, 5.41) is 0.249. The topological polar surface area (TPSA) is 56.6 Å². The normalized spacial score (nSPS) is 11.3. The maximum Gasteiger partial charge on any atom is 0.337 e. The molecule has 0 spiro atoms. The SMILES string of the molecule is COC(=O)c1ccc2nc(Cc3ccc(-c4ccc(F)c(OCc5ccc(Cl)cc5F)c4)cc3F)n(CCN(C)C)c2c1. The van der Waals surface area contributed by atoms with Crippen LogP contribution in [0.4, 0.5) is 13.2 Å². The van der Waals surface area contributed by atoms with Crippen molar-refractivity contribution in [3.05, 3.63) is 118 Å². The molecule has 0 aliphatic carbocycles. The molecule has 0 saturated heterocycles. The number of carbonyl (C=O) groups is 1. The Bertz CT molecular complexity index is 1810. The molecule has 5 rings (SSSR count). The van der Waals surface area contributed by atoms with Gasteiger partial charge < -0.3 is 18.9 Å². The highest BCUT2D eigenvalue weighted by atomic mass is 35.5. The average Bonchev–Trinajstić information content (AvgIpc) is 3.33. The van der Waals surface area contributed by atoms with Gasteiger partial charge in [-0.15, -0.1) is 0 Å². The van der Waals surface area contributed by atoms with Gasteiger partial charge in [-0.25, -0.2) is 22.9 Å². The van der Waals surface area contributed by atoms with Gasteiger partial charge in [0, 0.05) is 30.1 Å². The third-order valence-corrected chi connectivity index (χ3v) is 7.32. The molecule has 6 nitrogen and oxygen atoms in total. The quantitative estimate of drug-likeness (QED) is 0.156. The molecule has 0 aliphatic heterocycles. The minimum atomic E-state index is -0.623. The zero-order chi connectivity index (χ0) is 30.7. The number of hydrogen-bond acceptors (Lipinski definition) is 5. The van der Waals surface area contributed by atoms with Crippen LogP contribution in [0.5, 0.6) is 5.75 Å².